The van der Waals surface area contributed by atoms with Gasteiger partial charge in [0.25, 0.3) is 0 Å². The van der Waals surface area contributed by atoms with Gasteiger partial charge >= 0.3 is 0 Å². The Hall–Kier alpha value is -3.52. The third kappa shape index (κ3) is 3.88. The van der Waals surface area contributed by atoms with Gasteiger partial charge in [-0.15, -0.1) is 0 Å². The van der Waals surface area contributed by atoms with Gasteiger partial charge in [-0.3, -0.25) is 9.78 Å². The number of benzene rings is 2. The largest absolute Gasteiger partial charge is 0.435 e. The number of hydrogen-bond acceptors (Lipinski definition) is 7. The highest BCUT2D eigenvalue weighted by Crippen LogP contribution is 2.35. The van der Waals surface area contributed by atoms with Crippen molar-refractivity contribution in [1.82, 2.24) is 15.0 Å². The molecular formula is C21H16BrN5O2. The van der Waals surface area contributed by atoms with Gasteiger partial charge in [0.15, 0.2) is 17.4 Å². The van der Waals surface area contributed by atoms with Crippen LogP contribution in [0.3, 0.4) is 0 Å². The van der Waals surface area contributed by atoms with Crippen molar-refractivity contribution in [3.8, 4) is 11.6 Å². The van der Waals surface area contributed by atoms with E-state index < -0.39 is 0 Å². The number of nitrogens with one attached hydrogen (secondary N) is 1. The van der Waals surface area contributed by atoms with E-state index in [9.17, 15) is 4.79 Å². The lowest BCUT2D eigenvalue weighted by Crippen LogP contribution is -2.04. The van der Waals surface area contributed by atoms with E-state index in [2.05, 4.69) is 36.2 Å². The normalized spacial score (nSPS) is 10.7. The van der Waals surface area contributed by atoms with Crippen molar-refractivity contribution in [2.75, 3.05) is 11.1 Å². The zero-order chi connectivity index (χ0) is 20.4. The van der Waals surface area contributed by atoms with Gasteiger partial charge in [0.1, 0.15) is 17.5 Å². The standard InChI is InChI=1S/C21H16BrN5O2/c1-12(28)13-4-2-5-14(10-13)27-20-18(23)21(26-11-25-20)29-17-8-7-16(22)15-6-3-9-24-19(15)17/h2-11H,23H2,1H3,(H,25,26,27). The molecule has 0 fully saturated rings. The summed E-state index contributed by atoms with van der Waals surface area (Å²) in [5, 5.41) is 4.02. The molecule has 0 aliphatic rings. The van der Waals surface area contributed by atoms with Crippen molar-refractivity contribution in [2.45, 2.75) is 6.92 Å². The molecule has 0 aliphatic carbocycles. The van der Waals surface area contributed by atoms with E-state index in [0.717, 1.165) is 9.86 Å². The molecule has 2 aromatic heterocycles. The first-order chi connectivity index (χ1) is 14.0. The molecule has 0 amide bonds. The molecule has 0 aliphatic heterocycles. The van der Waals surface area contributed by atoms with Crippen molar-refractivity contribution < 1.29 is 9.53 Å². The first-order valence-corrected chi connectivity index (χ1v) is 9.52. The van der Waals surface area contributed by atoms with Crippen LogP contribution in [-0.2, 0) is 0 Å². The Morgan fingerprint density at radius 1 is 1.10 bits per heavy atom. The van der Waals surface area contributed by atoms with Gasteiger partial charge in [-0.25, -0.2) is 4.98 Å². The number of halogens is 1. The van der Waals surface area contributed by atoms with Crippen LogP contribution in [0.15, 0.2) is 65.5 Å². The minimum absolute atomic E-state index is 0.0250. The summed E-state index contributed by atoms with van der Waals surface area (Å²) in [4.78, 5) is 24.3. The van der Waals surface area contributed by atoms with Crippen molar-refractivity contribution in [3.05, 3.63) is 71.1 Å². The minimum Gasteiger partial charge on any atom is -0.435 e. The van der Waals surface area contributed by atoms with E-state index in [1.165, 1.54) is 13.3 Å². The zero-order valence-corrected chi connectivity index (χ0v) is 17.0. The molecule has 7 nitrogen and oxygen atoms in total. The third-order valence-electron chi connectivity index (χ3n) is 4.27. The summed E-state index contributed by atoms with van der Waals surface area (Å²) < 4.78 is 6.88. The number of rotatable bonds is 5. The lowest BCUT2D eigenvalue weighted by Gasteiger charge is -2.13. The van der Waals surface area contributed by atoms with Crippen LogP contribution in [-0.4, -0.2) is 20.7 Å². The van der Waals surface area contributed by atoms with Crippen LogP contribution in [0.5, 0.6) is 11.6 Å². The van der Waals surface area contributed by atoms with Crippen molar-refractivity contribution in [1.29, 1.82) is 0 Å². The van der Waals surface area contributed by atoms with Crippen molar-refractivity contribution >= 4 is 49.8 Å². The minimum atomic E-state index is -0.0250. The second kappa shape index (κ2) is 7.84. The highest BCUT2D eigenvalue weighted by atomic mass is 79.9. The quantitative estimate of drug-likeness (QED) is 0.408. The summed E-state index contributed by atoms with van der Waals surface area (Å²) in [6.07, 6.45) is 3.05. The first kappa shape index (κ1) is 18.8. The van der Waals surface area contributed by atoms with Crippen molar-refractivity contribution in [3.63, 3.8) is 0 Å². The fraction of sp³-hybridized carbons (Fsp3) is 0.0476. The number of Topliss-reactive ketones (excluding diaryl/α,β-unsaturated/α-hetero) is 1. The predicted molar refractivity (Wildman–Crippen MR) is 116 cm³/mol. The number of nitrogen functional groups attached to an aromatic ring is 1. The molecule has 0 bridgehead atoms. The van der Waals surface area contributed by atoms with Crippen LogP contribution >= 0.6 is 15.9 Å². The summed E-state index contributed by atoms with van der Waals surface area (Å²) in [6, 6.07) is 14.6. The second-order valence-electron chi connectivity index (χ2n) is 6.25. The topological polar surface area (TPSA) is 103 Å². The molecule has 4 aromatic rings. The number of ketones is 1. The molecule has 0 saturated carbocycles. The Morgan fingerprint density at radius 2 is 1.97 bits per heavy atom. The molecule has 2 heterocycles. The van der Waals surface area contributed by atoms with Crippen LogP contribution in [0.4, 0.5) is 17.2 Å². The number of carbonyl (C=O) groups is 1. The highest BCUT2D eigenvalue weighted by Gasteiger charge is 2.14. The number of pyridine rings is 1. The average molecular weight is 450 g/mol. The van der Waals surface area contributed by atoms with Crippen LogP contribution in [0.1, 0.15) is 17.3 Å². The lowest BCUT2D eigenvalue weighted by molar-refractivity contribution is 0.101. The monoisotopic (exact) mass is 449 g/mol. The molecule has 29 heavy (non-hydrogen) atoms. The number of aromatic nitrogens is 3. The molecule has 0 unspecified atom stereocenters. The molecular weight excluding hydrogens is 434 g/mol. The zero-order valence-electron chi connectivity index (χ0n) is 15.4. The van der Waals surface area contributed by atoms with E-state index in [4.69, 9.17) is 10.5 Å². The Morgan fingerprint density at radius 3 is 2.79 bits per heavy atom. The number of fused-ring (bicyclic) bond motifs is 1. The molecule has 3 N–H and O–H groups in total. The molecule has 144 valence electrons. The third-order valence-corrected chi connectivity index (χ3v) is 4.96. The van der Waals surface area contributed by atoms with Gasteiger partial charge in [-0.2, -0.15) is 4.98 Å². The maximum Gasteiger partial charge on any atom is 0.248 e. The van der Waals surface area contributed by atoms with E-state index in [1.807, 2.05) is 24.3 Å². The van der Waals surface area contributed by atoms with Gasteiger partial charge in [0, 0.05) is 27.3 Å². The fourth-order valence-electron chi connectivity index (χ4n) is 2.81. The smallest absolute Gasteiger partial charge is 0.248 e. The molecule has 0 atom stereocenters. The average Bonchev–Trinajstić information content (AvgIpc) is 2.73. The number of nitrogens with two attached hydrogens (primary N) is 1. The summed E-state index contributed by atoms with van der Waals surface area (Å²) in [5.74, 6) is 1.09. The SMILES string of the molecule is CC(=O)c1cccc(Nc2ncnc(Oc3ccc(Br)c4cccnc34)c2N)c1. The molecule has 0 spiro atoms. The van der Waals surface area contributed by atoms with Crippen LogP contribution < -0.4 is 15.8 Å². The summed E-state index contributed by atoms with van der Waals surface area (Å²) in [6.45, 7) is 1.51. The highest BCUT2D eigenvalue weighted by molar-refractivity contribution is 9.10. The Labute approximate surface area is 175 Å². The van der Waals surface area contributed by atoms with Gasteiger partial charge < -0.3 is 15.8 Å². The van der Waals surface area contributed by atoms with E-state index >= 15 is 0 Å². The maximum atomic E-state index is 11.6. The molecule has 4 rings (SSSR count). The summed E-state index contributed by atoms with van der Waals surface area (Å²) in [5.41, 5.74) is 8.44. The number of ether oxygens (including phenoxy) is 1. The molecule has 0 saturated heterocycles. The van der Waals surface area contributed by atoms with Crippen LogP contribution in [0.25, 0.3) is 10.9 Å². The van der Waals surface area contributed by atoms with E-state index in [1.54, 1.807) is 30.5 Å². The predicted octanol–water partition coefficient (Wildman–Crippen LogP) is 5.11. The van der Waals surface area contributed by atoms with Gasteiger partial charge in [0.05, 0.1) is 0 Å². The lowest BCUT2D eigenvalue weighted by atomic mass is 10.1. The first-order valence-electron chi connectivity index (χ1n) is 8.72. The fourth-order valence-corrected chi connectivity index (χ4v) is 3.26. The van der Waals surface area contributed by atoms with E-state index in [-0.39, 0.29) is 17.4 Å². The Kier molecular flexibility index (Phi) is 5.09. The van der Waals surface area contributed by atoms with Crippen molar-refractivity contribution in [2.24, 2.45) is 0 Å². The number of nitrogens with zero attached hydrogens (tertiary/aromatic N) is 3. The van der Waals surface area contributed by atoms with Gasteiger partial charge in [-0.05, 0) is 37.3 Å². The number of hydrogen-bond donors (Lipinski definition) is 2. The van der Waals surface area contributed by atoms with E-state index in [0.29, 0.717) is 28.3 Å². The number of anilines is 3. The van der Waals surface area contributed by atoms with Crippen LogP contribution in [0, 0.1) is 0 Å². The van der Waals surface area contributed by atoms with Gasteiger partial charge in [-0.1, -0.05) is 34.1 Å². The summed E-state index contributed by atoms with van der Waals surface area (Å²) >= 11 is 3.52. The summed E-state index contributed by atoms with van der Waals surface area (Å²) in [7, 11) is 0. The van der Waals surface area contributed by atoms with Crippen LogP contribution in [0.2, 0.25) is 0 Å². The molecule has 0 radical (unpaired) electrons. The molecule has 2 aromatic carbocycles. The number of carbonyl (C=O) groups excluding carboxylic acids is 1. The Balaban J connectivity index is 1.67. The Bertz CT molecular complexity index is 1230. The second-order valence-corrected chi connectivity index (χ2v) is 7.10. The maximum absolute atomic E-state index is 11.6. The molecule has 8 heteroatoms. The van der Waals surface area contributed by atoms with Gasteiger partial charge in [0.2, 0.25) is 5.88 Å².